The molecular formula is C8H12LiNaO4. The van der Waals surface area contributed by atoms with Gasteiger partial charge in [0.05, 0.1) is 17.4 Å². The monoisotopic (exact) mass is 202 g/mol. The smallest absolute Gasteiger partial charge is 0.549 e. The van der Waals surface area contributed by atoms with E-state index in [1.54, 1.807) is 0 Å². The van der Waals surface area contributed by atoms with Gasteiger partial charge in [0.1, 0.15) is 0 Å². The quantitative estimate of drug-likeness (QED) is 0.329. The summed E-state index contributed by atoms with van der Waals surface area (Å²) in [7, 11) is 0. The van der Waals surface area contributed by atoms with E-state index in [2.05, 4.69) is 0 Å². The summed E-state index contributed by atoms with van der Waals surface area (Å²) in [5.41, 5.74) is -2.88. The molecule has 0 radical (unpaired) electrons. The van der Waals surface area contributed by atoms with Crippen LogP contribution in [0, 0.1) is 10.8 Å². The first-order valence-electron chi connectivity index (χ1n) is 3.57. The Hall–Kier alpha value is 0.537. The van der Waals surface area contributed by atoms with Gasteiger partial charge in [-0.15, -0.1) is 0 Å². The van der Waals surface area contributed by atoms with Crippen LogP contribution < -0.4 is 58.6 Å². The van der Waals surface area contributed by atoms with Crippen molar-refractivity contribution in [3.8, 4) is 0 Å². The summed E-state index contributed by atoms with van der Waals surface area (Å²) in [5, 5.41) is 21.2. The van der Waals surface area contributed by atoms with E-state index in [0.29, 0.717) is 0 Å². The maximum Gasteiger partial charge on any atom is 1.00 e. The molecule has 0 atom stereocenters. The molecule has 0 saturated carbocycles. The SMILES string of the molecule is CC(C)(C)C(C)(C(=O)[O-])C(=O)[O-].[Li+].[Na+]. The van der Waals surface area contributed by atoms with Gasteiger partial charge in [0.2, 0.25) is 0 Å². The Labute approximate surface area is 118 Å². The van der Waals surface area contributed by atoms with E-state index in [4.69, 9.17) is 0 Å². The minimum atomic E-state index is -1.95. The van der Waals surface area contributed by atoms with Gasteiger partial charge in [-0.05, 0) is 12.3 Å². The molecule has 0 fully saturated rings. The average molecular weight is 202 g/mol. The van der Waals surface area contributed by atoms with Crippen LogP contribution in [0.1, 0.15) is 27.7 Å². The Morgan fingerprint density at radius 3 is 1.14 bits per heavy atom. The Morgan fingerprint density at radius 2 is 1.14 bits per heavy atom. The predicted octanol–water partition coefficient (Wildman–Crippen LogP) is -7.45. The van der Waals surface area contributed by atoms with Crippen molar-refractivity contribution in [3.05, 3.63) is 0 Å². The third-order valence-electron chi connectivity index (χ3n) is 2.32. The molecule has 0 bridgehead atoms. The first-order valence-corrected chi connectivity index (χ1v) is 3.57. The van der Waals surface area contributed by atoms with Gasteiger partial charge in [-0.3, -0.25) is 0 Å². The summed E-state index contributed by atoms with van der Waals surface area (Å²) in [5.74, 6) is -3.23. The van der Waals surface area contributed by atoms with Crippen molar-refractivity contribution in [1.82, 2.24) is 0 Å². The molecule has 0 aliphatic carbocycles. The fourth-order valence-corrected chi connectivity index (χ4v) is 0.696. The van der Waals surface area contributed by atoms with Gasteiger partial charge in [0.25, 0.3) is 0 Å². The van der Waals surface area contributed by atoms with Crippen LogP contribution in [-0.2, 0) is 9.59 Å². The topological polar surface area (TPSA) is 80.3 Å². The number of carboxylic acids is 2. The first-order chi connectivity index (χ1) is 5.14. The molecule has 0 saturated heterocycles. The maximum absolute atomic E-state index is 10.6. The fourth-order valence-electron chi connectivity index (χ4n) is 0.696. The van der Waals surface area contributed by atoms with Crippen molar-refractivity contribution in [3.63, 3.8) is 0 Å². The van der Waals surface area contributed by atoms with Gasteiger partial charge in [-0.2, -0.15) is 0 Å². The minimum absolute atomic E-state index is 0. The second-order valence-electron chi connectivity index (χ2n) is 3.95. The Kier molecular flexibility index (Phi) is 8.85. The molecule has 70 valence electrons. The third kappa shape index (κ3) is 3.60. The maximum atomic E-state index is 10.6. The number of rotatable bonds is 2. The largest absolute Gasteiger partial charge is 1.00 e. The molecule has 0 unspecified atom stereocenters. The Balaban J connectivity index is -0.000000605. The van der Waals surface area contributed by atoms with Gasteiger partial charge in [0.15, 0.2) is 0 Å². The molecule has 0 aliphatic rings. The van der Waals surface area contributed by atoms with Crippen LogP contribution in [-0.4, -0.2) is 11.9 Å². The number of carboxylic acid groups (broad SMARTS) is 2. The second kappa shape index (κ2) is 6.19. The predicted molar refractivity (Wildman–Crippen MR) is 37.6 cm³/mol. The van der Waals surface area contributed by atoms with Gasteiger partial charge >= 0.3 is 48.4 Å². The van der Waals surface area contributed by atoms with E-state index in [9.17, 15) is 19.8 Å². The average Bonchev–Trinajstić information content (AvgIpc) is 1.82. The van der Waals surface area contributed by atoms with Crippen molar-refractivity contribution in [2.45, 2.75) is 27.7 Å². The zero-order valence-electron chi connectivity index (χ0n) is 9.63. The van der Waals surface area contributed by atoms with Crippen LogP contribution in [0.5, 0.6) is 0 Å². The van der Waals surface area contributed by atoms with Crippen LogP contribution in [0.15, 0.2) is 0 Å². The van der Waals surface area contributed by atoms with E-state index in [1.807, 2.05) is 0 Å². The van der Waals surface area contributed by atoms with Gasteiger partial charge in [-0.25, -0.2) is 0 Å². The molecule has 0 N–H and O–H groups in total. The van der Waals surface area contributed by atoms with Crippen molar-refractivity contribution >= 4 is 11.9 Å². The van der Waals surface area contributed by atoms with Crippen LogP contribution in [0.4, 0.5) is 0 Å². The number of carbonyl (C=O) groups excluding carboxylic acids is 2. The number of hydrogen-bond acceptors (Lipinski definition) is 4. The molecule has 0 rings (SSSR count). The van der Waals surface area contributed by atoms with E-state index in [-0.39, 0.29) is 48.4 Å². The van der Waals surface area contributed by atoms with Crippen molar-refractivity contribution in [2.24, 2.45) is 10.8 Å². The summed E-state index contributed by atoms with van der Waals surface area (Å²) in [4.78, 5) is 21.2. The normalized spacial score (nSPS) is 10.9. The standard InChI is InChI=1S/C8H14O4.Li.Na/c1-7(2,3)8(4,5(9)10)6(11)12;;/h1-4H3,(H,9,10)(H,11,12);;/q;2*+1/p-2. The van der Waals surface area contributed by atoms with Crippen LogP contribution in [0.2, 0.25) is 0 Å². The summed E-state index contributed by atoms with van der Waals surface area (Å²) < 4.78 is 0. The summed E-state index contributed by atoms with van der Waals surface area (Å²) in [6, 6.07) is 0. The molecule has 0 amide bonds. The zero-order valence-corrected chi connectivity index (χ0v) is 11.6. The van der Waals surface area contributed by atoms with Crippen LogP contribution in [0.25, 0.3) is 0 Å². The summed E-state index contributed by atoms with van der Waals surface area (Å²) in [6.07, 6.45) is 0. The van der Waals surface area contributed by atoms with Gasteiger partial charge in [0, 0.05) is 0 Å². The van der Waals surface area contributed by atoms with Gasteiger partial charge < -0.3 is 19.8 Å². The van der Waals surface area contributed by atoms with Crippen LogP contribution in [0.3, 0.4) is 0 Å². The fraction of sp³-hybridized carbons (Fsp3) is 0.750. The molecule has 0 aromatic heterocycles. The second-order valence-corrected chi connectivity index (χ2v) is 3.95. The van der Waals surface area contributed by atoms with E-state index >= 15 is 0 Å². The molecule has 0 aromatic carbocycles. The van der Waals surface area contributed by atoms with Gasteiger partial charge in [-0.1, -0.05) is 20.8 Å². The number of carbonyl (C=O) groups is 2. The summed E-state index contributed by atoms with van der Waals surface area (Å²) >= 11 is 0. The van der Waals surface area contributed by atoms with Crippen molar-refractivity contribution < 1.29 is 68.2 Å². The Bertz CT molecular complexity index is 208. The Morgan fingerprint density at radius 1 is 0.929 bits per heavy atom. The molecule has 0 spiro atoms. The number of aliphatic carboxylic acids is 2. The third-order valence-corrected chi connectivity index (χ3v) is 2.32. The van der Waals surface area contributed by atoms with E-state index in [1.165, 1.54) is 20.8 Å². The first kappa shape index (κ1) is 20.0. The van der Waals surface area contributed by atoms with Crippen molar-refractivity contribution in [2.75, 3.05) is 0 Å². The summed E-state index contributed by atoms with van der Waals surface area (Å²) in [6.45, 7) is 5.63. The van der Waals surface area contributed by atoms with Crippen LogP contribution >= 0.6 is 0 Å². The van der Waals surface area contributed by atoms with Crippen molar-refractivity contribution in [1.29, 1.82) is 0 Å². The van der Waals surface area contributed by atoms with E-state index in [0.717, 1.165) is 6.92 Å². The molecule has 0 heterocycles. The van der Waals surface area contributed by atoms with E-state index < -0.39 is 22.8 Å². The number of hydrogen-bond donors (Lipinski definition) is 0. The minimum Gasteiger partial charge on any atom is -0.549 e. The molecule has 6 heteroatoms. The molecule has 14 heavy (non-hydrogen) atoms. The molecule has 0 aromatic rings. The zero-order chi connectivity index (χ0) is 10.2. The molecular weight excluding hydrogens is 190 g/mol. The molecule has 0 aliphatic heterocycles. The molecule has 4 nitrogen and oxygen atoms in total.